The maximum atomic E-state index is 11.7. The fraction of sp³-hybridized carbons (Fsp3) is 0.917. The van der Waals surface area contributed by atoms with Crippen molar-refractivity contribution < 1.29 is 9.53 Å². The second-order valence-electron chi connectivity index (χ2n) is 4.67. The van der Waals surface area contributed by atoms with Gasteiger partial charge in [0.1, 0.15) is 0 Å². The molecule has 0 bridgehead atoms. The van der Waals surface area contributed by atoms with Crippen molar-refractivity contribution in [2.45, 2.75) is 51.6 Å². The van der Waals surface area contributed by atoms with Crippen LogP contribution in [-0.4, -0.2) is 31.2 Å². The zero-order chi connectivity index (χ0) is 12.0. The summed E-state index contributed by atoms with van der Waals surface area (Å²) >= 11 is 0. The third-order valence-electron chi connectivity index (χ3n) is 3.25. The lowest BCUT2D eigenvalue weighted by molar-refractivity contribution is -0.123. The first kappa shape index (κ1) is 13.5. The first-order chi connectivity index (χ1) is 7.65. The van der Waals surface area contributed by atoms with E-state index in [9.17, 15) is 4.79 Å². The molecule has 4 nitrogen and oxygen atoms in total. The highest BCUT2D eigenvalue weighted by Gasteiger charge is 2.24. The molecule has 0 spiro atoms. The first-order valence-corrected chi connectivity index (χ1v) is 6.28. The lowest BCUT2D eigenvalue weighted by Gasteiger charge is -2.21. The van der Waals surface area contributed by atoms with Gasteiger partial charge in [-0.25, -0.2) is 0 Å². The van der Waals surface area contributed by atoms with Crippen LogP contribution in [-0.2, 0) is 9.53 Å². The molecule has 1 amide bonds. The summed E-state index contributed by atoms with van der Waals surface area (Å²) in [5.74, 6) is 0.426. The van der Waals surface area contributed by atoms with E-state index in [1.807, 2.05) is 6.92 Å². The molecule has 3 atom stereocenters. The van der Waals surface area contributed by atoms with E-state index < -0.39 is 0 Å². The van der Waals surface area contributed by atoms with E-state index in [-0.39, 0.29) is 18.0 Å². The molecule has 0 saturated carbocycles. The number of hydrogen-bond acceptors (Lipinski definition) is 3. The number of ether oxygens (including phenoxy) is 1. The largest absolute Gasteiger partial charge is 0.381 e. The Hall–Kier alpha value is -0.610. The Kier molecular flexibility index (Phi) is 5.77. The van der Waals surface area contributed by atoms with Crippen LogP contribution in [0.4, 0.5) is 0 Å². The molecule has 16 heavy (non-hydrogen) atoms. The number of carbonyl (C=O) groups excluding carboxylic acids is 1. The Morgan fingerprint density at radius 3 is 2.94 bits per heavy atom. The Morgan fingerprint density at radius 2 is 2.38 bits per heavy atom. The van der Waals surface area contributed by atoms with Gasteiger partial charge in [0.25, 0.3) is 0 Å². The highest BCUT2D eigenvalue weighted by molar-refractivity contribution is 5.81. The fourth-order valence-electron chi connectivity index (χ4n) is 1.95. The zero-order valence-electron chi connectivity index (χ0n) is 10.4. The summed E-state index contributed by atoms with van der Waals surface area (Å²) in [4.78, 5) is 11.7. The Bertz CT molecular complexity index is 215. The standard InChI is InChI=1S/C12H24N2O2/c1-3-4-5-11(13)12(15)14-9(2)10-6-7-16-8-10/h9-11H,3-8,13H2,1-2H3,(H,14,15)/t9?,10?,11-/m0/s1. The minimum Gasteiger partial charge on any atom is -0.381 e. The number of hydrogen-bond donors (Lipinski definition) is 2. The summed E-state index contributed by atoms with van der Waals surface area (Å²) in [5, 5.41) is 2.99. The Morgan fingerprint density at radius 1 is 1.62 bits per heavy atom. The molecule has 1 rings (SSSR count). The number of carbonyl (C=O) groups is 1. The average molecular weight is 228 g/mol. The molecule has 0 aliphatic carbocycles. The van der Waals surface area contributed by atoms with Crippen LogP contribution in [0.3, 0.4) is 0 Å². The number of unbranched alkanes of at least 4 members (excludes halogenated alkanes) is 1. The highest BCUT2D eigenvalue weighted by Crippen LogP contribution is 2.16. The minimum atomic E-state index is -0.357. The molecule has 0 radical (unpaired) electrons. The molecular formula is C12H24N2O2. The van der Waals surface area contributed by atoms with E-state index in [1.165, 1.54) is 0 Å². The molecule has 4 heteroatoms. The lowest BCUT2D eigenvalue weighted by Crippen LogP contribution is -2.47. The van der Waals surface area contributed by atoms with Gasteiger partial charge >= 0.3 is 0 Å². The van der Waals surface area contributed by atoms with Crippen LogP contribution >= 0.6 is 0 Å². The molecule has 0 aromatic heterocycles. The molecule has 0 aromatic rings. The predicted molar refractivity (Wildman–Crippen MR) is 64.0 cm³/mol. The summed E-state index contributed by atoms with van der Waals surface area (Å²) in [5.41, 5.74) is 5.81. The van der Waals surface area contributed by atoms with Crippen molar-refractivity contribution in [1.82, 2.24) is 5.32 Å². The summed E-state index contributed by atoms with van der Waals surface area (Å²) in [6.45, 7) is 5.70. The molecule has 2 unspecified atom stereocenters. The number of amides is 1. The van der Waals surface area contributed by atoms with E-state index in [0.717, 1.165) is 38.9 Å². The SMILES string of the molecule is CCCC[C@H](N)C(=O)NC(C)C1CCOC1. The molecule has 0 aromatic carbocycles. The maximum absolute atomic E-state index is 11.7. The second-order valence-corrected chi connectivity index (χ2v) is 4.67. The topological polar surface area (TPSA) is 64.4 Å². The molecule has 1 heterocycles. The monoisotopic (exact) mass is 228 g/mol. The van der Waals surface area contributed by atoms with Crippen LogP contribution in [0, 0.1) is 5.92 Å². The van der Waals surface area contributed by atoms with Gasteiger partial charge in [0.15, 0.2) is 0 Å². The van der Waals surface area contributed by atoms with Gasteiger partial charge in [-0.15, -0.1) is 0 Å². The quantitative estimate of drug-likeness (QED) is 0.714. The van der Waals surface area contributed by atoms with E-state index in [4.69, 9.17) is 10.5 Å². The maximum Gasteiger partial charge on any atom is 0.237 e. The average Bonchev–Trinajstić information content (AvgIpc) is 2.79. The van der Waals surface area contributed by atoms with Crippen LogP contribution in [0.15, 0.2) is 0 Å². The molecule has 1 aliphatic rings. The van der Waals surface area contributed by atoms with Gasteiger partial charge in [0.2, 0.25) is 5.91 Å². The summed E-state index contributed by atoms with van der Waals surface area (Å²) in [6.07, 6.45) is 3.89. The third kappa shape index (κ3) is 4.10. The summed E-state index contributed by atoms with van der Waals surface area (Å²) < 4.78 is 5.30. The number of rotatable bonds is 6. The minimum absolute atomic E-state index is 0.0205. The van der Waals surface area contributed by atoms with Gasteiger partial charge < -0.3 is 15.8 Å². The molecule has 3 N–H and O–H groups in total. The molecule has 94 valence electrons. The molecular weight excluding hydrogens is 204 g/mol. The van der Waals surface area contributed by atoms with Crippen LogP contribution < -0.4 is 11.1 Å². The van der Waals surface area contributed by atoms with Crippen LogP contribution in [0.25, 0.3) is 0 Å². The van der Waals surface area contributed by atoms with Gasteiger partial charge in [-0.2, -0.15) is 0 Å². The molecule has 1 fully saturated rings. The lowest BCUT2D eigenvalue weighted by atomic mass is 10.00. The summed E-state index contributed by atoms with van der Waals surface area (Å²) in [7, 11) is 0. The van der Waals surface area contributed by atoms with Crippen LogP contribution in [0.1, 0.15) is 39.5 Å². The van der Waals surface area contributed by atoms with Crippen molar-refractivity contribution >= 4 is 5.91 Å². The summed E-state index contributed by atoms with van der Waals surface area (Å²) in [6, 6.07) is -0.188. The van der Waals surface area contributed by atoms with Gasteiger partial charge in [0, 0.05) is 18.6 Å². The van der Waals surface area contributed by atoms with Crippen LogP contribution in [0.5, 0.6) is 0 Å². The molecule has 1 aliphatic heterocycles. The van der Waals surface area contributed by atoms with E-state index in [2.05, 4.69) is 12.2 Å². The van der Waals surface area contributed by atoms with E-state index >= 15 is 0 Å². The Balaban J connectivity index is 2.26. The van der Waals surface area contributed by atoms with Crippen molar-refractivity contribution in [1.29, 1.82) is 0 Å². The van der Waals surface area contributed by atoms with Crippen molar-refractivity contribution in [3.63, 3.8) is 0 Å². The van der Waals surface area contributed by atoms with Crippen molar-refractivity contribution in [2.75, 3.05) is 13.2 Å². The van der Waals surface area contributed by atoms with Gasteiger partial charge in [-0.3, -0.25) is 4.79 Å². The normalized spacial score (nSPS) is 24.1. The van der Waals surface area contributed by atoms with Gasteiger partial charge in [-0.05, 0) is 19.8 Å². The highest BCUT2D eigenvalue weighted by atomic mass is 16.5. The van der Waals surface area contributed by atoms with Crippen molar-refractivity contribution in [2.24, 2.45) is 11.7 Å². The van der Waals surface area contributed by atoms with E-state index in [1.54, 1.807) is 0 Å². The van der Waals surface area contributed by atoms with Crippen molar-refractivity contribution in [3.8, 4) is 0 Å². The van der Waals surface area contributed by atoms with Crippen molar-refractivity contribution in [3.05, 3.63) is 0 Å². The van der Waals surface area contributed by atoms with Gasteiger partial charge in [-0.1, -0.05) is 19.8 Å². The predicted octanol–water partition coefficient (Wildman–Crippen LogP) is 1.05. The zero-order valence-corrected chi connectivity index (χ0v) is 10.4. The first-order valence-electron chi connectivity index (χ1n) is 6.28. The smallest absolute Gasteiger partial charge is 0.237 e. The van der Waals surface area contributed by atoms with Crippen LogP contribution in [0.2, 0.25) is 0 Å². The Labute approximate surface area is 97.9 Å². The number of nitrogens with two attached hydrogens (primary N) is 1. The molecule has 1 saturated heterocycles. The fourth-order valence-corrected chi connectivity index (χ4v) is 1.95. The third-order valence-corrected chi connectivity index (χ3v) is 3.25. The second kappa shape index (κ2) is 6.86. The number of nitrogens with one attached hydrogen (secondary N) is 1. The van der Waals surface area contributed by atoms with Gasteiger partial charge in [0.05, 0.1) is 12.6 Å². The van der Waals surface area contributed by atoms with E-state index in [0.29, 0.717) is 5.92 Å².